The van der Waals surface area contributed by atoms with Crippen molar-refractivity contribution in [3.63, 3.8) is 0 Å². The molecule has 11 heteroatoms. The highest BCUT2D eigenvalue weighted by Gasteiger charge is 2.32. The number of aromatic carboxylic acids is 1. The topological polar surface area (TPSA) is 96.8 Å². The molecule has 3 aromatic rings. The fourth-order valence-corrected chi connectivity index (χ4v) is 6.65. The van der Waals surface area contributed by atoms with Crippen LogP contribution in [0.2, 0.25) is 0 Å². The zero-order valence-corrected chi connectivity index (χ0v) is 20.8. The van der Waals surface area contributed by atoms with Crippen molar-refractivity contribution in [3.05, 3.63) is 69.5 Å². The maximum Gasteiger partial charge on any atom is 0.338 e. The number of anilines is 1. The quantitative estimate of drug-likeness (QED) is 0.429. The van der Waals surface area contributed by atoms with Crippen LogP contribution >= 0.6 is 11.3 Å². The molecular weight excluding hydrogens is 498 g/mol. The van der Waals surface area contributed by atoms with E-state index in [0.717, 1.165) is 58.2 Å². The standard InChI is InChI=1S/C24H24F2N2O5S2/c1-14(25)11-28(35(31,32)24-27-15(2)13-34-24)21-9-17-4-3-5-18(17)10-22(21)33-12-16-6-7-19(23(29)30)20(26)8-16/h6-10,13-14H,3-5,11-12H2,1-2H3,(H,29,30). The van der Waals surface area contributed by atoms with Gasteiger partial charge in [-0.05, 0) is 74.1 Å². The van der Waals surface area contributed by atoms with Crippen molar-refractivity contribution in [2.75, 3.05) is 10.8 Å². The largest absolute Gasteiger partial charge is 0.487 e. The van der Waals surface area contributed by atoms with Gasteiger partial charge in [-0.15, -0.1) is 11.3 Å². The van der Waals surface area contributed by atoms with Gasteiger partial charge < -0.3 is 9.84 Å². The molecule has 1 aliphatic rings. The van der Waals surface area contributed by atoms with Gasteiger partial charge in [0, 0.05) is 11.1 Å². The van der Waals surface area contributed by atoms with Crippen LogP contribution in [0.1, 0.15) is 46.1 Å². The summed E-state index contributed by atoms with van der Waals surface area (Å²) < 4.78 is 62.2. The van der Waals surface area contributed by atoms with Crippen LogP contribution in [-0.2, 0) is 29.5 Å². The molecule has 2 aromatic carbocycles. The summed E-state index contributed by atoms with van der Waals surface area (Å²) in [4.78, 5) is 15.2. The summed E-state index contributed by atoms with van der Waals surface area (Å²) >= 11 is 0.960. The van der Waals surface area contributed by atoms with Gasteiger partial charge in [-0.2, -0.15) is 8.42 Å². The first-order valence-corrected chi connectivity index (χ1v) is 13.3. The molecule has 186 valence electrons. The minimum absolute atomic E-state index is 0.141. The molecule has 0 bridgehead atoms. The van der Waals surface area contributed by atoms with Crippen LogP contribution in [0.4, 0.5) is 14.5 Å². The molecule has 1 atom stereocenters. The number of benzene rings is 2. The van der Waals surface area contributed by atoms with Crippen molar-refractivity contribution < 1.29 is 31.8 Å². The molecule has 4 rings (SSSR count). The number of hydrogen-bond acceptors (Lipinski definition) is 6. The molecule has 1 N–H and O–H groups in total. The Kier molecular flexibility index (Phi) is 7.09. The lowest BCUT2D eigenvalue weighted by Crippen LogP contribution is -2.36. The Labute approximate surface area is 206 Å². The molecule has 35 heavy (non-hydrogen) atoms. The van der Waals surface area contributed by atoms with Gasteiger partial charge in [0.25, 0.3) is 10.0 Å². The lowest BCUT2D eigenvalue weighted by atomic mass is 10.1. The fraction of sp³-hybridized carbons (Fsp3) is 0.333. The third kappa shape index (κ3) is 5.30. The number of carboxylic acids is 1. The molecule has 0 aliphatic heterocycles. The molecule has 0 saturated heterocycles. The first-order chi connectivity index (χ1) is 16.6. The van der Waals surface area contributed by atoms with Crippen molar-refractivity contribution in [1.29, 1.82) is 0 Å². The van der Waals surface area contributed by atoms with E-state index in [1.54, 1.807) is 24.4 Å². The first-order valence-electron chi connectivity index (χ1n) is 11.0. The molecule has 1 unspecified atom stereocenters. The van der Waals surface area contributed by atoms with E-state index < -0.39 is 40.1 Å². The Morgan fingerprint density at radius 2 is 1.97 bits per heavy atom. The van der Waals surface area contributed by atoms with Gasteiger partial charge in [-0.25, -0.2) is 18.6 Å². The Balaban J connectivity index is 1.74. The van der Waals surface area contributed by atoms with E-state index in [2.05, 4.69) is 4.98 Å². The third-order valence-electron chi connectivity index (χ3n) is 5.63. The molecule has 0 fully saturated rings. The van der Waals surface area contributed by atoms with Crippen LogP contribution in [0, 0.1) is 12.7 Å². The van der Waals surface area contributed by atoms with Crippen molar-refractivity contribution in [2.45, 2.75) is 50.2 Å². The van der Waals surface area contributed by atoms with Gasteiger partial charge in [0.05, 0.1) is 17.8 Å². The van der Waals surface area contributed by atoms with E-state index in [1.165, 1.54) is 13.0 Å². The highest BCUT2D eigenvalue weighted by molar-refractivity contribution is 7.94. The van der Waals surface area contributed by atoms with Gasteiger partial charge in [0.15, 0.2) is 0 Å². The molecule has 1 aliphatic carbocycles. The monoisotopic (exact) mass is 522 g/mol. The van der Waals surface area contributed by atoms with Crippen LogP contribution < -0.4 is 9.04 Å². The maximum atomic E-state index is 14.2. The lowest BCUT2D eigenvalue weighted by molar-refractivity contribution is 0.0691. The van der Waals surface area contributed by atoms with Crippen LogP contribution in [0.3, 0.4) is 0 Å². The van der Waals surface area contributed by atoms with Crippen molar-refractivity contribution in [2.24, 2.45) is 0 Å². The Bertz CT molecular complexity index is 1370. The van der Waals surface area contributed by atoms with Crippen LogP contribution in [-0.4, -0.2) is 37.2 Å². The number of hydrogen-bond donors (Lipinski definition) is 1. The number of nitrogens with zero attached hydrogens (tertiary/aromatic N) is 2. The Hall–Kier alpha value is -3.05. The number of thiazole rings is 1. The van der Waals surface area contributed by atoms with Crippen molar-refractivity contribution >= 4 is 33.0 Å². The fourth-order valence-electron chi connectivity index (χ4n) is 3.98. The number of alkyl halides is 1. The molecule has 1 heterocycles. The average molecular weight is 523 g/mol. The second-order valence-corrected chi connectivity index (χ2v) is 11.3. The van der Waals surface area contributed by atoms with E-state index >= 15 is 0 Å². The van der Waals surface area contributed by atoms with E-state index in [0.29, 0.717) is 11.3 Å². The zero-order valence-electron chi connectivity index (χ0n) is 19.1. The summed E-state index contributed by atoms with van der Waals surface area (Å²) in [6.07, 6.45) is 0.994. The van der Waals surface area contributed by atoms with Crippen LogP contribution in [0.25, 0.3) is 0 Å². The molecule has 0 amide bonds. The second-order valence-electron chi connectivity index (χ2n) is 8.42. The third-order valence-corrected chi connectivity index (χ3v) is 8.76. The molecule has 1 aromatic heterocycles. The summed E-state index contributed by atoms with van der Waals surface area (Å²) in [7, 11) is -4.18. The highest BCUT2D eigenvalue weighted by atomic mass is 32.2. The number of rotatable bonds is 9. The number of carbonyl (C=O) groups is 1. The number of aryl methyl sites for hydroxylation is 3. The van der Waals surface area contributed by atoms with Crippen molar-refractivity contribution in [3.8, 4) is 5.75 Å². The summed E-state index contributed by atoms with van der Waals surface area (Å²) in [5.41, 5.74) is 2.60. The molecule has 0 saturated carbocycles. The normalized spacial score (nSPS) is 13.9. The van der Waals surface area contributed by atoms with Crippen molar-refractivity contribution in [1.82, 2.24) is 4.98 Å². The van der Waals surface area contributed by atoms with Gasteiger partial charge in [0.2, 0.25) is 4.34 Å². The van der Waals surface area contributed by atoms with Gasteiger partial charge >= 0.3 is 5.97 Å². The molecule has 0 spiro atoms. The number of halogens is 2. The zero-order chi connectivity index (χ0) is 25.3. The van der Waals surface area contributed by atoms with Gasteiger partial charge in [-0.3, -0.25) is 4.31 Å². The van der Waals surface area contributed by atoms with E-state index in [1.807, 2.05) is 0 Å². The molecule has 0 radical (unpaired) electrons. The van der Waals surface area contributed by atoms with E-state index in [4.69, 9.17) is 9.84 Å². The van der Waals surface area contributed by atoms with Gasteiger partial charge in [0.1, 0.15) is 24.3 Å². The number of aromatic nitrogens is 1. The van der Waals surface area contributed by atoms with Crippen LogP contribution in [0.15, 0.2) is 40.1 Å². The highest BCUT2D eigenvalue weighted by Crippen LogP contribution is 2.39. The number of fused-ring (bicyclic) bond motifs is 1. The van der Waals surface area contributed by atoms with E-state index in [9.17, 15) is 22.0 Å². The minimum Gasteiger partial charge on any atom is -0.487 e. The number of ether oxygens (including phenoxy) is 1. The van der Waals surface area contributed by atoms with Gasteiger partial charge in [-0.1, -0.05) is 6.07 Å². The summed E-state index contributed by atoms with van der Waals surface area (Å²) in [6.45, 7) is 2.38. The van der Waals surface area contributed by atoms with E-state index in [-0.39, 0.29) is 22.4 Å². The summed E-state index contributed by atoms with van der Waals surface area (Å²) in [6, 6.07) is 7.10. The number of sulfonamides is 1. The predicted molar refractivity (Wildman–Crippen MR) is 128 cm³/mol. The van der Waals surface area contributed by atoms with Crippen LogP contribution in [0.5, 0.6) is 5.75 Å². The molecular formula is C24H24F2N2O5S2. The first kappa shape index (κ1) is 25.1. The average Bonchev–Trinajstić information content (AvgIpc) is 3.43. The lowest BCUT2D eigenvalue weighted by Gasteiger charge is -2.27. The smallest absolute Gasteiger partial charge is 0.338 e. The SMILES string of the molecule is Cc1csc(S(=O)(=O)N(CC(C)F)c2cc3c(cc2OCc2ccc(C(=O)O)c(F)c2)CCC3)n1. The second kappa shape index (κ2) is 9.90. The maximum absolute atomic E-state index is 14.2. The minimum atomic E-state index is -4.18. The Morgan fingerprint density at radius 3 is 2.57 bits per heavy atom. The Morgan fingerprint density at radius 1 is 1.26 bits per heavy atom. The summed E-state index contributed by atoms with van der Waals surface area (Å²) in [5, 5.41) is 10.6. The summed E-state index contributed by atoms with van der Waals surface area (Å²) in [5.74, 6) is -2.07. The predicted octanol–water partition coefficient (Wildman–Crippen LogP) is 4.91. The molecule has 7 nitrogen and oxygen atoms in total. The number of carboxylic acid groups (broad SMARTS) is 1.